The van der Waals surface area contributed by atoms with Gasteiger partial charge in [-0.15, -0.1) is 0 Å². The van der Waals surface area contributed by atoms with Gasteiger partial charge in [0, 0.05) is 95.7 Å². The SMILES string of the molecule is Cc1c(F)cncc1-c1cc2cnc(NC(=O)C3CC3)cc2n(CC2CC2c2ccncc2-c2cc3cnc(NC(=O)[C@H]4C[C@H]4F)cc3n(C)c2=O)c1=O. The van der Waals surface area contributed by atoms with Gasteiger partial charge in [-0.25, -0.2) is 18.7 Å². The van der Waals surface area contributed by atoms with Crippen LogP contribution >= 0.6 is 0 Å². The Morgan fingerprint density at radius 3 is 2.17 bits per heavy atom. The molecule has 6 aromatic rings. The van der Waals surface area contributed by atoms with E-state index in [0.717, 1.165) is 31.0 Å². The van der Waals surface area contributed by atoms with Crippen LogP contribution in [0.2, 0.25) is 0 Å². The lowest BCUT2D eigenvalue weighted by Crippen LogP contribution is -2.24. The van der Waals surface area contributed by atoms with Crippen molar-refractivity contribution >= 4 is 45.3 Å². The van der Waals surface area contributed by atoms with Crippen molar-refractivity contribution in [1.29, 1.82) is 0 Å². The standard InChI is InChI=1S/C40H34F2N8O4/c1-19-29(15-44-17-32(19)42)26-8-22-14-46-36(47-37(51)20-3-4-20)12-34(22)50(40(26)54)18-23-9-25(23)24-5-6-43-16-30(24)27-7-21-13-45-35(11-33(21)49(2)39(27)53)48-38(52)28-10-31(28)41/h5-8,11-17,20,23,25,28,31H,3-4,9-10,18H2,1-2H3,(H,45,48,52)(H,46,47,51)/t23?,25?,28-,31+/m0/s1. The number of alkyl halides is 1. The molecule has 2 N–H and O–H groups in total. The van der Waals surface area contributed by atoms with Crippen LogP contribution in [0.5, 0.6) is 0 Å². The second-order valence-corrected chi connectivity index (χ2v) is 14.6. The smallest absolute Gasteiger partial charge is 0.259 e. The summed E-state index contributed by atoms with van der Waals surface area (Å²) in [5, 5.41) is 6.83. The quantitative estimate of drug-likeness (QED) is 0.193. The zero-order valence-corrected chi connectivity index (χ0v) is 29.3. The lowest BCUT2D eigenvalue weighted by molar-refractivity contribution is -0.118. The zero-order valence-electron chi connectivity index (χ0n) is 29.3. The summed E-state index contributed by atoms with van der Waals surface area (Å²) < 4.78 is 31.2. The number of nitrogens with one attached hydrogen (secondary N) is 2. The number of hydrogen-bond acceptors (Lipinski definition) is 8. The van der Waals surface area contributed by atoms with Gasteiger partial charge in [-0.2, -0.15) is 0 Å². The Kier molecular flexibility index (Phi) is 7.94. The van der Waals surface area contributed by atoms with Gasteiger partial charge in [0.25, 0.3) is 11.1 Å². The molecule has 0 radical (unpaired) electrons. The number of fused-ring (bicyclic) bond motifs is 2. The van der Waals surface area contributed by atoms with Crippen molar-refractivity contribution in [2.75, 3.05) is 10.6 Å². The van der Waals surface area contributed by atoms with E-state index < -0.39 is 23.8 Å². The van der Waals surface area contributed by atoms with Gasteiger partial charge in [0.1, 0.15) is 23.6 Å². The summed E-state index contributed by atoms with van der Waals surface area (Å²) in [6.07, 6.45) is 10.6. The Labute approximate surface area is 306 Å². The molecule has 12 nitrogen and oxygen atoms in total. The largest absolute Gasteiger partial charge is 0.311 e. The third-order valence-electron chi connectivity index (χ3n) is 10.9. The van der Waals surface area contributed by atoms with Crippen molar-refractivity contribution in [3.8, 4) is 22.3 Å². The van der Waals surface area contributed by atoms with Gasteiger partial charge in [-0.1, -0.05) is 0 Å². The number of nitrogens with zero attached hydrogens (tertiary/aromatic N) is 6. The van der Waals surface area contributed by atoms with Crippen LogP contribution < -0.4 is 21.8 Å². The molecule has 2 amide bonds. The maximum absolute atomic E-state index is 14.7. The molecular weight excluding hydrogens is 694 g/mol. The summed E-state index contributed by atoms with van der Waals surface area (Å²) in [7, 11) is 1.64. The van der Waals surface area contributed by atoms with Crippen molar-refractivity contribution < 1.29 is 18.4 Å². The fourth-order valence-corrected chi connectivity index (χ4v) is 7.36. The van der Waals surface area contributed by atoms with Gasteiger partial charge in [-0.3, -0.25) is 29.1 Å². The molecule has 272 valence electrons. The highest BCUT2D eigenvalue weighted by atomic mass is 19.1. The topological polar surface area (TPSA) is 154 Å². The Bertz CT molecular complexity index is 2690. The van der Waals surface area contributed by atoms with E-state index in [9.17, 15) is 28.0 Å². The number of aryl methyl sites for hydroxylation is 1. The summed E-state index contributed by atoms with van der Waals surface area (Å²) >= 11 is 0. The molecule has 0 spiro atoms. The van der Waals surface area contributed by atoms with Gasteiger partial charge in [0.2, 0.25) is 11.8 Å². The predicted molar refractivity (Wildman–Crippen MR) is 198 cm³/mol. The first-order valence-electron chi connectivity index (χ1n) is 17.9. The number of hydrogen-bond donors (Lipinski definition) is 2. The number of aromatic nitrogens is 6. The normalized spacial score (nSPS) is 20.2. The Balaban J connectivity index is 1.06. The van der Waals surface area contributed by atoms with E-state index in [0.29, 0.717) is 62.0 Å². The molecule has 6 aromatic heterocycles. The molecule has 0 aliphatic heterocycles. The van der Waals surface area contributed by atoms with E-state index in [1.54, 1.807) is 67.6 Å². The molecule has 0 saturated heterocycles. The van der Waals surface area contributed by atoms with E-state index in [2.05, 4.69) is 30.6 Å². The molecular formula is C40H34F2N8O4. The third-order valence-corrected chi connectivity index (χ3v) is 10.9. The molecule has 3 aliphatic rings. The van der Waals surface area contributed by atoms with Crippen molar-refractivity contribution in [2.24, 2.45) is 24.8 Å². The molecule has 3 saturated carbocycles. The number of pyridine rings is 6. The van der Waals surface area contributed by atoms with Gasteiger partial charge >= 0.3 is 0 Å². The monoisotopic (exact) mass is 728 g/mol. The first-order chi connectivity index (χ1) is 26.0. The fraction of sp³-hybridized carbons (Fsp3) is 0.300. The first-order valence-corrected chi connectivity index (χ1v) is 17.9. The van der Waals surface area contributed by atoms with Crippen LogP contribution in [-0.4, -0.2) is 47.1 Å². The summed E-state index contributed by atoms with van der Waals surface area (Å²) in [4.78, 5) is 70.3. The first kappa shape index (κ1) is 33.6. The van der Waals surface area contributed by atoms with E-state index in [1.165, 1.54) is 10.8 Å². The number of amides is 2. The minimum Gasteiger partial charge on any atom is -0.311 e. The van der Waals surface area contributed by atoms with Crippen LogP contribution in [0.3, 0.4) is 0 Å². The summed E-state index contributed by atoms with van der Waals surface area (Å²) in [6.45, 7) is 1.92. The molecule has 0 aromatic carbocycles. The molecule has 54 heavy (non-hydrogen) atoms. The molecule has 0 bridgehead atoms. The average Bonchev–Trinajstić information content (AvgIpc) is 4.05. The van der Waals surface area contributed by atoms with Crippen LogP contribution in [0.4, 0.5) is 20.4 Å². The number of rotatable bonds is 9. The average molecular weight is 729 g/mol. The van der Waals surface area contributed by atoms with Gasteiger partial charge in [0.15, 0.2) is 0 Å². The summed E-state index contributed by atoms with van der Waals surface area (Å²) in [6, 6.07) is 8.65. The predicted octanol–water partition coefficient (Wildman–Crippen LogP) is 5.66. The summed E-state index contributed by atoms with van der Waals surface area (Å²) in [5.41, 5.74) is 3.52. The Hall–Kier alpha value is -6.18. The van der Waals surface area contributed by atoms with Crippen molar-refractivity contribution in [1.82, 2.24) is 29.1 Å². The minimum absolute atomic E-state index is 0.000711. The van der Waals surface area contributed by atoms with Crippen LogP contribution in [0, 0.1) is 30.5 Å². The van der Waals surface area contributed by atoms with Gasteiger partial charge in [0.05, 0.1) is 23.1 Å². The number of halogens is 2. The van der Waals surface area contributed by atoms with Crippen LogP contribution in [-0.2, 0) is 23.2 Å². The molecule has 9 rings (SSSR count). The molecule has 3 fully saturated rings. The maximum atomic E-state index is 14.7. The van der Waals surface area contributed by atoms with E-state index >= 15 is 0 Å². The maximum Gasteiger partial charge on any atom is 0.259 e. The number of carbonyl (C=O) groups is 2. The molecule has 2 unspecified atom stereocenters. The lowest BCUT2D eigenvalue weighted by Gasteiger charge is -2.16. The molecule has 3 aliphatic carbocycles. The fourth-order valence-electron chi connectivity index (χ4n) is 7.36. The van der Waals surface area contributed by atoms with E-state index in [1.807, 2.05) is 6.07 Å². The highest BCUT2D eigenvalue weighted by Gasteiger charge is 2.44. The van der Waals surface area contributed by atoms with Gasteiger partial charge < -0.3 is 19.8 Å². The second-order valence-electron chi connectivity index (χ2n) is 14.6. The number of anilines is 2. The second kappa shape index (κ2) is 12.7. The van der Waals surface area contributed by atoms with Gasteiger partial charge in [-0.05, 0) is 73.8 Å². The molecule has 6 heterocycles. The highest BCUT2D eigenvalue weighted by Crippen LogP contribution is 2.51. The third kappa shape index (κ3) is 6.00. The number of carbonyl (C=O) groups excluding carboxylic acids is 2. The highest BCUT2D eigenvalue weighted by molar-refractivity contribution is 5.96. The van der Waals surface area contributed by atoms with E-state index in [-0.39, 0.29) is 47.0 Å². The Morgan fingerprint density at radius 1 is 0.815 bits per heavy atom. The zero-order chi connectivity index (χ0) is 37.4. The molecule has 14 heteroatoms. The van der Waals surface area contributed by atoms with Crippen LogP contribution in [0.25, 0.3) is 44.1 Å². The molecule has 4 atom stereocenters. The lowest BCUT2D eigenvalue weighted by atomic mass is 9.98. The van der Waals surface area contributed by atoms with Crippen molar-refractivity contribution in [3.05, 3.63) is 105 Å². The minimum atomic E-state index is -1.14. The summed E-state index contributed by atoms with van der Waals surface area (Å²) in [5.74, 6) is -1.19. The van der Waals surface area contributed by atoms with Crippen LogP contribution in [0.1, 0.15) is 42.7 Å². The van der Waals surface area contributed by atoms with Crippen molar-refractivity contribution in [3.63, 3.8) is 0 Å². The van der Waals surface area contributed by atoms with Crippen molar-refractivity contribution in [2.45, 2.75) is 51.2 Å². The Morgan fingerprint density at radius 2 is 1.46 bits per heavy atom. The van der Waals surface area contributed by atoms with Crippen LogP contribution in [0.15, 0.2) is 77.1 Å². The van der Waals surface area contributed by atoms with E-state index in [4.69, 9.17) is 0 Å².